The Kier molecular flexibility index (Phi) is 3.81. The van der Waals surface area contributed by atoms with Crippen LogP contribution in [0.3, 0.4) is 0 Å². The van der Waals surface area contributed by atoms with Crippen LogP contribution in [-0.2, 0) is 6.18 Å². The van der Waals surface area contributed by atoms with Crippen molar-refractivity contribution in [2.24, 2.45) is 0 Å². The minimum absolute atomic E-state index is 0.365. The van der Waals surface area contributed by atoms with Gasteiger partial charge in [0, 0.05) is 25.4 Å². The predicted octanol–water partition coefficient (Wildman–Crippen LogP) is 3.12. The van der Waals surface area contributed by atoms with Crippen LogP contribution in [0.4, 0.5) is 26.3 Å². The van der Waals surface area contributed by atoms with Gasteiger partial charge in [-0.3, -0.25) is 4.90 Å². The maximum Gasteiger partial charge on any atom is 0.430 e. The Bertz CT molecular complexity index is 490. The summed E-state index contributed by atoms with van der Waals surface area (Å²) in [6.07, 6.45) is -8.76. The van der Waals surface area contributed by atoms with Crippen LogP contribution in [0.15, 0.2) is 18.3 Å². The second-order valence-corrected chi connectivity index (χ2v) is 4.78. The summed E-state index contributed by atoms with van der Waals surface area (Å²) in [6, 6.07) is 1.44. The molecule has 0 saturated carbocycles. The number of hydrogen-bond donors (Lipinski definition) is 0. The maximum absolute atomic E-state index is 13.1. The number of halogens is 6. The van der Waals surface area contributed by atoms with Gasteiger partial charge in [-0.25, -0.2) is 4.98 Å². The Morgan fingerprint density at radius 2 is 1.81 bits per heavy atom. The Morgan fingerprint density at radius 1 is 1.19 bits per heavy atom. The van der Waals surface area contributed by atoms with Crippen molar-refractivity contribution in [3.63, 3.8) is 0 Å². The third kappa shape index (κ3) is 3.07. The minimum atomic E-state index is -4.62. The summed E-state index contributed by atoms with van der Waals surface area (Å²) < 4.78 is 81.1. The van der Waals surface area contributed by atoms with Crippen LogP contribution in [0.2, 0.25) is 0 Å². The second-order valence-electron chi connectivity index (χ2n) is 4.78. The average Bonchev–Trinajstić information content (AvgIpc) is 2.31. The zero-order chi connectivity index (χ0) is 15.9. The molecule has 118 valence electrons. The number of aromatic nitrogens is 1. The quantitative estimate of drug-likeness (QED) is 0.802. The molecular formula is C12H12F6N2O. The molecule has 0 aliphatic carbocycles. The fourth-order valence-corrected chi connectivity index (χ4v) is 2.01. The van der Waals surface area contributed by atoms with Crippen molar-refractivity contribution >= 4 is 0 Å². The third-order valence-electron chi connectivity index (χ3n) is 3.29. The van der Waals surface area contributed by atoms with Gasteiger partial charge in [-0.2, -0.15) is 26.3 Å². The van der Waals surface area contributed by atoms with Crippen molar-refractivity contribution in [3.8, 4) is 5.88 Å². The van der Waals surface area contributed by atoms with Crippen LogP contribution in [0, 0.1) is 0 Å². The predicted molar refractivity (Wildman–Crippen MR) is 60.8 cm³/mol. The summed E-state index contributed by atoms with van der Waals surface area (Å²) in [5.41, 5.74) is -3.45. The lowest BCUT2D eigenvalue weighted by Gasteiger charge is -2.49. The first kappa shape index (κ1) is 15.9. The maximum atomic E-state index is 13.1. The summed E-state index contributed by atoms with van der Waals surface area (Å²) in [5.74, 6) is -0.476. The molecular weight excluding hydrogens is 302 g/mol. The van der Waals surface area contributed by atoms with Crippen LogP contribution >= 0.6 is 0 Å². The van der Waals surface area contributed by atoms with Crippen molar-refractivity contribution in [2.45, 2.75) is 24.9 Å². The molecule has 2 rings (SSSR count). The Labute approximate surface area is 116 Å². The lowest BCUT2D eigenvalue weighted by molar-refractivity contribution is -0.290. The van der Waals surface area contributed by atoms with Crippen LogP contribution in [0.5, 0.6) is 5.88 Å². The van der Waals surface area contributed by atoms with Crippen LogP contribution in [0.1, 0.15) is 12.5 Å². The molecule has 1 aliphatic rings. The topological polar surface area (TPSA) is 25.4 Å². The molecule has 0 atom stereocenters. The fourth-order valence-electron chi connectivity index (χ4n) is 2.01. The highest BCUT2D eigenvalue weighted by molar-refractivity contribution is 5.22. The first-order chi connectivity index (χ1) is 9.57. The van der Waals surface area contributed by atoms with Crippen molar-refractivity contribution in [2.75, 3.05) is 19.6 Å². The number of likely N-dealkylation sites (N-methyl/N-ethyl adjacent to an activating group) is 1. The Balaban J connectivity index is 2.16. The molecule has 1 saturated heterocycles. The van der Waals surface area contributed by atoms with E-state index in [1.807, 2.05) is 0 Å². The smallest absolute Gasteiger partial charge is 0.430 e. The van der Waals surface area contributed by atoms with Crippen LogP contribution in [-0.4, -0.2) is 41.3 Å². The number of rotatable bonds is 3. The molecule has 9 heteroatoms. The Hall–Kier alpha value is -1.51. The first-order valence-electron chi connectivity index (χ1n) is 6.09. The lowest BCUT2D eigenvalue weighted by Crippen LogP contribution is -2.72. The monoisotopic (exact) mass is 314 g/mol. The summed E-state index contributed by atoms with van der Waals surface area (Å²) >= 11 is 0. The second kappa shape index (κ2) is 5.04. The molecule has 0 bridgehead atoms. The highest BCUT2D eigenvalue weighted by atomic mass is 19.4. The largest absolute Gasteiger partial charge is 0.459 e. The van der Waals surface area contributed by atoms with E-state index in [2.05, 4.69) is 4.98 Å². The van der Waals surface area contributed by atoms with E-state index in [-0.39, 0.29) is 13.1 Å². The standard InChI is InChI=1S/C12H12F6N2O/c1-2-20-6-10(7-20,12(16,17)18)21-9-4-3-8(5-19-9)11(13,14)15/h3-5H,2,6-7H2,1H3. The first-order valence-corrected chi connectivity index (χ1v) is 6.09. The van der Waals surface area contributed by atoms with E-state index in [9.17, 15) is 26.3 Å². The molecule has 0 N–H and O–H groups in total. The van der Waals surface area contributed by atoms with Gasteiger partial charge in [0.1, 0.15) is 0 Å². The summed E-state index contributed by atoms with van der Waals surface area (Å²) in [5, 5.41) is 0. The van der Waals surface area contributed by atoms with Crippen molar-refractivity contribution < 1.29 is 31.1 Å². The van der Waals surface area contributed by atoms with Crippen LogP contribution < -0.4 is 4.74 Å². The number of hydrogen-bond acceptors (Lipinski definition) is 3. The minimum Gasteiger partial charge on any atom is -0.459 e. The molecule has 1 aromatic heterocycles. The van der Waals surface area contributed by atoms with Gasteiger partial charge < -0.3 is 4.74 Å². The molecule has 3 nitrogen and oxygen atoms in total. The molecule has 1 fully saturated rings. The fraction of sp³-hybridized carbons (Fsp3) is 0.583. The number of ether oxygens (including phenoxy) is 1. The molecule has 2 heterocycles. The normalized spacial score (nSPS) is 19.2. The molecule has 0 unspecified atom stereocenters. The molecule has 0 spiro atoms. The van der Waals surface area contributed by atoms with Crippen molar-refractivity contribution in [1.82, 2.24) is 9.88 Å². The number of likely N-dealkylation sites (tertiary alicyclic amines) is 1. The SMILES string of the molecule is CCN1CC(Oc2ccc(C(F)(F)F)cn2)(C(F)(F)F)C1. The van der Waals surface area contributed by atoms with E-state index >= 15 is 0 Å². The third-order valence-corrected chi connectivity index (χ3v) is 3.29. The van der Waals surface area contributed by atoms with E-state index in [1.54, 1.807) is 6.92 Å². The van der Waals surface area contributed by atoms with Gasteiger partial charge in [-0.1, -0.05) is 6.92 Å². The lowest BCUT2D eigenvalue weighted by atomic mass is 9.93. The molecule has 0 amide bonds. The van der Waals surface area contributed by atoms with Crippen LogP contribution in [0.25, 0.3) is 0 Å². The van der Waals surface area contributed by atoms with E-state index in [0.29, 0.717) is 18.8 Å². The van der Waals surface area contributed by atoms with E-state index in [1.165, 1.54) is 4.90 Å². The highest BCUT2D eigenvalue weighted by Crippen LogP contribution is 2.41. The van der Waals surface area contributed by atoms with Gasteiger partial charge in [0.15, 0.2) is 0 Å². The van der Waals surface area contributed by atoms with Gasteiger partial charge in [-0.15, -0.1) is 0 Å². The Morgan fingerprint density at radius 3 is 2.19 bits per heavy atom. The molecule has 0 radical (unpaired) electrons. The molecule has 21 heavy (non-hydrogen) atoms. The van der Waals surface area contributed by atoms with Crippen molar-refractivity contribution in [3.05, 3.63) is 23.9 Å². The number of alkyl halides is 6. The molecule has 0 aromatic carbocycles. The zero-order valence-corrected chi connectivity index (χ0v) is 10.9. The number of pyridine rings is 1. The average molecular weight is 314 g/mol. The summed E-state index contributed by atoms with van der Waals surface area (Å²) in [4.78, 5) is 4.83. The summed E-state index contributed by atoms with van der Waals surface area (Å²) in [7, 11) is 0. The molecule has 1 aromatic rings. The van der Waals surface area contributed by atoms with Gasteiger partial charge >= 0.3 is 12.4 Å². The van der Waals surface area contributed by atoms with E-state index < -0.39 is 29.4 Å². The highest BCUT2D eigenvalue weighted by Gasteiger charge is 2.64. The number of nitrogens with zero attached hydrogens (tertiary/aromatic N) is 2. The van der Waals surface area contributed by atoms with Crippen molar-refractivity contribution in [1.29, 1.82) is 0 Å². The van der Waals surface area contributed by atoms with E-state index in [0.717, 1.165) is 6.07 Å². The van der Waals surface area contributed by atoms with Gasteiger partial charge in [0.25, 0.3) is 0 Å². The van der Waals surface area contributed by atoms with Gasteiger partial charge in [-0.05, 0) is 12.6 Å². The summed E-state index contributed by atoms with van der Waals surface area (Å²) in [6.45, 7) is 1.41. The van der Waals surface area contributed by atoms with Gasteiger partial charge in [0.05, 0.1) is 5.56 Å². The molecule has 1 aliphatic heterocycles. The zero-order valence-electron chi connectivity index (χ0n) is 10.9. The van der Waals surface area contributed by atoms with Gasteiger partial charge in [0.2, 0.25) is 11.5 Å². The van der Waals surface area contributed by atoms with E-state index in [4.69, 9.17) is 4.74 Å².